The van der Waals surface area contributed by atoms with Crippen LogP contribution >= 0.6 is 47.8 Å². The highest BCUT2D eigenvalue weighted by Crippen LogP contribution is 2.37. The van der Waals surface area contributed by atoms with Crippen LogP contribution in [0.1, 0.15) is 32.6 Å². The first kappa shape index (κ1) is 13.9. The van der Waals surface area contributed by atoms with Gasteiger partial charge in [-0.25, -0.2) is 0 Å². The second-order valence-electron chi connectivity index (χ2n) is 4.76. The monoisotopic (exact) mass is 423 g/mol. The Labute approximate surface area is 128 Å². The zero-order chi connectivity index (χ0) is 12.4. The summed E-state index contributed by atoms with van der Waals surface area (Å²) < 4.78 is 3.30. The zero-order valence-corrected chi connectivity index (χ0v) is 14.5. The van der Waals surface area contributed by atoms with E-state index < -0.39 is 0 Å². The van der Waals surface area contributed by atoms with Gasteiger partial charge in [0.05, 0.1) is 5.69 Å². The van der Waals surface area contributed by atoms with Crippen LogP contribution in [0, 0.1) is 5.92 Å². The number of hydrogen-bond acceptors (Lipinski definition) is 1. The molecule has 1 N–H and O–H groups in total. The van der Waals surface area contributed by atoms with Crippen LogP contribution in [0.15, 0.2) is 25.6 Å². The maximum atomic E-state index is 3.68. The lowest BCUT2D eigenvalue weighted by atomic mass is 9.86. The normalized spacial score (nSPS) is 24.7. The summed E-state index contributed by atoms with van der Waals surface area (Å²) >= 11 is 10.7. The molecular formula is C13H16Br3N. The largest absolute Gasteiger partial charge is 0.380 e. The lowest BCUT2D eigenvalue weighted by Gasteiger charge is -2.31. The highest BCUT2D eigenvalue weighted by Gasteiger charge is 2.22. The van der Waals surface area contributed by atoms with E-state index in [0.29, 0.717) is 6.04 Å². The number of hydrogen-bond donors (Lipinski definition) is 1. The zero-order valence-electron chi connectivity index (χ0n) is 9.77. The van der Waals surface area contributed by atoms with Crippen LogP contribution in [0.25, 0.3) is 0 Å². The van der Waals surface area contributed by atoms with Gasteiger partial charge in [0.2, 0.25) is 0 Å². The Kier molecular flexibility index (Phi) is 4.96. The smallest absolute Gasteiger partial charge is 0.0632 e. The molecule has 2 atom stereocenters. The molecule has 0 aromatic heterocycles. The summed E-state index contributed by atoms with van der Waals surface area (Å²) in [6.45, 7) is 2.34. The minimum Gasteiger partial charge on any atom is -0.380 e. The Morgan fingerprint density at radius 3 is 2.24 bits per heavy atom. The first-order valence-electron chi connectivity index (χ1n) is 5.99. The van der Waals surface area contributed by atoms with Gasteiger partial charge in [-0.15, -0.1) is 0 Å². The molecule has 17 heavy (non-hydrogen) atoms. The van der Waals surface area contributed by atoms with E-state index >= 15 is 0 Å². The maximum absolute atomic E-state index is 3.68. The molecule has 0 spiro atoms. The quantitative estimate of drug-likeness (QED) is 0.616. The Morgan fingerprint density at radius 1 is 1.06 bits per heavy atom. The molecule has 4 heteroatoms. The van der Waals surface area contributed by atoms with Crippen molar-refractivity contribution in [1.82, 2.24) is 0 Å². The van der Waals surface area contributed by atoms with Crippen molar-refractivity contribution < 1.29 is 0 Å². The minimum absolute atomic E-state index is 0.595. The van der Waals surface area contributed by atoms with Gasteiger partial charge < -0.3 is 5.32 Å². The molecule has 1 saturated carbocycles. The van der Waals surface area contributed by atoms with Crippen LogP contribution < -0.4 is 5.32 Å². The minimum atomic E-state index is 0.595. The van der Waals surface area contributed by atoms with Crippen molar-refractivity contribution in [2.75, 3.05) is 5.32 Å². The van der Waals surface area contributed by atoms with Crippen molar-refractivity contribution in [3.63, 3.8) is 0 Å². The van der Waals surface area contributed by atoms with E-state index in [1.54, 1.807) is 0 Å². The standard InChI is InChI=1S/C13H16Br3N/c1-8-4-2-3-5-12(8)17-13-10(15)6-9(14)7-11(13)16/h6-8,12,17H,2-5H2,1H3. The van der Waals surface area contributed by atoms with Gasteiger partial charge in [0, 0.05) is 19.5 Å². The first-order valence-corrected chi connectivity index (χ1v) is 8.37. The average molecular weight is 426 g/mol. The molecule has 0 bridgehead atoms. The van der Waals surface area contributed by atoms with Gasteiger partial charge in [-0.1, -0.05) is 35.7 Å². The van der Waals surface area contributed by atoms with Crippen molar-refractivity contribution in [3.05, 3.63) is 25.6 Å². The Hall–Kier alpha value is 0.460. The molecule has 1 fully saturated rings. The average Bonchev–Trinajstić information content (AvgIpc) is 2.25. The summed E-state index contributed by atoms with van der Waals surface area (Å²) in [5.41, 5.74) is 1.17. The number of nitrogens with one attached hydrogen (secondary N) is 1. The summed E-state index contributed by atoms with van der Waals surface area (Å²) in [5.74, 6) is 0.756. The summed E-state index contributed by atoms with van der Waals surface area (Å²) in [5, 5.41) is 3.68. The predicted octanol–water partition coefficient (Wildman–Crippen LogP) is 5.96. The fourth-order valence-electron chi connectivity index (χ4n) is 2.40. The molecule has 94 valence electrons. The number of halogens is 3. The van der Waals surface area contributed by atoms with Crippen molar-refractivity contribution in [2.24, 2.45) is 5.92 Å². The van der Waals surface area contributed by atoms with Crippen molar-refractivity contribution in [3.8, 4) is 0 Å². The lowest BCUT2D eigenvalue weighted by molar-refractivity contribution is 0.349. The van der Waals surface area contributed by atoms with Gasteiger partial charge in [0.15, 0.2) is 0 Å². The SMILES string of the molecule is CC1CCCCC1Nc1c(Br)cc(Br)cc1Br. The van der Waals surface area contributed by atoms with Gasteiger partial charge in [-0.3, -0.25) is 0 Å². The Morgan fingerprint density at radius 2 is 1.65 bits per heavy atom. The van der Waals surface area contributed by atoms with Crippen molar-refractivity contribution >= 4 is 53.5 Å². The highest BCUT2D eigenvalue weighted by atomic mass is 79.9. The third kappa shape index (κ3) is 3.48. The van der Waals surface area contributed by atoms with Crippen LogP contribution in [0.2, 0.25) is 0 Å². The summed E-state index contributed by atoms with van der Waals surface area (Å²) in [6.07, 6.45) is 5.33. The molecule has 1 aliphatic rings. The van der Waals surface area contributed by atoms with E-state index in [2.05, 4.69) is 72.2 Å². The van der Waals surface area contributed by atoms with E-state index in [9.17, 15) is 0 Å². The second kappa shape index (κ2) is 6.07. The summed E-state index contributed by atoms with van der Waals surface area (Å²) in [6, 6.07) is 4.76. The molecule has 0 heterocycles. The molecule has 0 aliphatic heterocycles. The molecule has 1 aromatic carbocycles. The molecule has 0 radical (unpaired) electrons. The molecule has 2 rings (SSSR count). The van der Waals surface area contributed by atoms with E-state index in [4.69, 9.17) is 0 Å². The fourth-order valence-corrected chi connectivity index (χ4v) is 4.88. The van der Waals surface area contributed by atoms with Crippen LogP contribution in [-0.2, 0) is 0 Å². The van der Waals surface area contributed by atoms with Crippen molar-refractivity contribution in [2.45, 2.75) is 38.6 Å². The van der Waals surface area contributed by atoms with Gasteiger partial charge >= 0.3 is 0 Å². The van der Waals surface area contributed by atoms with E-state index in [0.717, 1.165) is 19.3 Å². The topological polar surface area (TPSA) is 12.0 Å². The molecular weight excluding hydrogens is 410 g/mol. The third-order valence-corrected chi connectivity index (χ3v) is 5.16. The van der Waals surface area contributed by atoms with Crippen LogP contribution in [0.5, 0.6) is 0 Å². The molecule has 0 amide bonds. The third-order valence-electron chi connectivity index (χ3n) is 3.45. The van der Waals surface area contributed by atoms with Crippen LogP contribution in [0.4, 0.5) is 5.69 Å². The molecule has 0 saturated heterocycles. The highest BCUT2D eigenvalue weighted by molar-refractivity contribution is 9.11. The first-order chi connectivity index (χ1) is 8.08. The van der Waals surface area contributed by atoms with E-state index in [1.807, 2.05) is 0 Å². The molecule has 1 nitrogen and oxygen atoms in total. The Bertz CT molecular complexity index is 383. The summed E-state index contributed by atoms with van der Waals surface area (Å²) in [7, 11) is 0. The van der Waals surface area contributed by atoms with Gasteiger partial charge in [-0.05, 0) is 62.8 Å². The van der Waals surface area contributed by atoms with Crippen LogP contribution in [0.3, 0.4) is 0 Å². The van der Waals surface area contributed by atoms with Crippen molar-refractivity contribution in [1.29, 1.82) is 0 Å². The number of benzene rings is 1. The van der Waals surface area contributed by atoms with Gasteiger partial charge in [0.25, 0.3) is 0 Å². The number of rotatable bonds is 2. The van der Waals surface area contributed by atoms with E-state index in [1.165, 1.54) is 31.4 Å². The maximum Gasteiger partial charge on any atom is 0.0632 e. The summed E-state index contributed by atoms with van der Waals surface area (Å²) in [4.78, 5) is 0. The van der Waals surface area contributed by atoms with Crippen LogP contribution in [-0.4, -0.2) is 6.04 Å². The Balaban J connectivity index is 2.17. The molecule has 2 unspecified atom stereocenters. The predicted molar refractivity (Wildman–Crippen MR) is 84.6 cm³/mol. The van der Waals surface area contributed by atoms with Gasteiger partial charge in [0.1, 0.15) is 0 Å². The lowest BCUT2D eigenvalue weighted by Crippen LogP contribution is -2.30. The van der Waals surface area contributed by atoms with E-state index in [-0.39, 0.29) is 0 Å². The molecule has 1 aromatic rings. The number of anilines is 1. The molecule has 1 aliphatic carbocycles. The second-order valence-corrected chi connectivity index (χ2v) is 7.38. The van der Waals surface area contributed by atoms with Gasteiger partial charge in [-0.2, -0.15) is 0 Å². The fraction of sp³-hybridized carbons (Fsp3) is 0.538.